The number of nitrogens with zero attached hydrogens (tertiary/aromatic N) is 7. The lowest BCUT2D eigenvalue weighted by Crippen LogP contribution is -2.71. The van der Waals surface area contributed by atoms with Crippen LogP contribution in [0.3, 0.4) is 0 Å². The molecule has 3 N–H and O–H groups in total. The fourth-order valence-electron chi connectivity index (χ4n) is 8.09. The molecule has 15 nitrogen and oxygen atoms in total. The van der Waals surface area contributed by atoms with Gasteiger partial charge in [0.05, 0.1) is 13.2 Å². The van der Waals surface area contributed by atoms with Gasteiger partial charge in [0.15, 0.2) is 16.9 Å². The number of hydrogen-bond donors (Lipinski definition) is 3. The number of rotatable bonds is 18. The summed E-state index contributed by atoms with van der Waals surface area (Å²) in [6.07, 6.45) is 0.935. The van der Waals surface area contributed by atoms with E-state index < -0.39 is 40.8 Å². The second kappa shape index (κ2) is 21.1. The summed E-state index contributed by atoms with van der Waals surface area (Å²) in [5, 5.41) is 35.5. The van der Waals surface area contributed by atoms with Crippen LogP contribution in [0.5, 0.6) is 0 Å². The SMILES string of the molecule is CON=C(C(=O)NC1C(=O)N2C(C(=O)OC(c3ccccc3)c3ccccc3)=C(C=CSc3nnnn3CCO)CSC12)c1csc(NC(c2ccccc2)(c2ccccc2)c2ccccc2)n1. The van der Waals surface area contributed by atoms with Gasteiger partial charge in [-0.05, 0) is 55.3 Å². The van der Waals surface area contributed by atoms with Gasteiger partial charge < -0.3 is 25.3 Å². The fourth-order valence-corrected chi connectivity index (χ4v) is 10.8. The van der Waals surface area contributed by atoms with Gasteiger partial charge >= 0.3 is 5.97 Å². The molecule has 9 rings (SSSR count). The molecular formula is C50H43N9O6S3. The molecule has 7 aromatic rings. The maximum absolute atomic E-state index is 14.6. The van der Waals surface area contributed by atoms with Crippen LogP contribution in [0.2, 0.25) is 0 Å². The topological polar surface area (TPSA) is 186 Å². The molecule has 2 aliphatic rings. The van der Waals surface area contributed by atoms with Crippen molar-refractivity contribution in [2.24, 2.45) is 5.16 Å². The van der Waals surface area contributed by atoms with Crippen molar-refractivity contribution in [3.05, 3.63) is 213 Å². The molecule has 0 radical (unpaired) electrons. The van der Waals surface area contributed by atoms with Gasteiger partial charge in [-0.1, -0.05) is 169 Å². The van der Waals surface area contributed by atoms with E-state index in [2.05, 4.69) is 67.7 Å². The van der Waals surface area contributed by atoms with E-state index in [0.717, 1.165) is 27.8 Å². The van der Waals surface area contributed by atoms with Crippen molar-refractivity contribution in [3.63, 3.8) is 0 Å². The number of oxime groups is 1. The molecule has 342 valence electrons. The maximum atomic E-state index is 14.6. The Morgan fingerprint density at radius 2 is 1.46 bits per heavy atom. The number of hydrogen-bond acceptors (Lipinski definition) is 15. The van der Waals surface area contributed by atoms with Crippen LogP contribution < -0.4 is 10.6 Å². The second-order valence-corrected chi connectivity index (χ2v) is 18.1. The summed E-state index contributed by atoms with van der Waals surface area (Å²) in [4.78, 5) is 54.7. The highest BCUT2D eigenvalue weighted by atomic mass is 32.2. The molecule has 2 aromatic heterocycles. The third-order valence-corrected chi connectivity index (χ3v) is 14.1. The van der Waals surface area contributed by atoms with Crippen molar-refractivity contribution in [2.45, 2.75) is 34.8 Å². The number of allylic oxidation sites excluding steroid dienone is 1. The molecular weight excluding hydrogens is 919 g/mol. The molecule has 2 aliphatic heterocycles. The molecule has 0 aliphatic carbocycles. The van der Waals surface area contributed by atoms with Crippen LogP contribution in [0.25, 0.3) is 0 Å². The number of ether oxygens (including phenoxy) is 1. The number of aromatic nitrogens is 5. The van der Waals surface area contributed by atoms with Crippen molar-refractivity contribution in [1.82, 2.24) is 35.4 Å². The van der Waals surface area contributed by atoms with E-state index in [0.29, 0.717) is 15.9 Å². The maximum Gasteiger partial charge on any atom is 0.356 e. The monoisotopic (exact) mass is 961 g/mol. The number of aliphatic hydroxyl groups is 1. The summed E-state index contributed by atoms with van der Waals surface area (Å²) >= 11 is 3.87. The predicted molar refractivity (Wildman–Crippen MR) is 261 cm³/mol. The summed E-state index contributed by atoms with van der Waals surface area (Å²) in [7, 11) is 1.33. The van der Waals surface area contributed by atoms with Gasteiger partial charge in [0.1, 0.15) is 35.5 Å². The van der Waals surface area contributed by atoms with E-state index in [4.69, 9.17) is 14.6 Å². The minimum atomic E-state index is -1.03. The van der Waals surface area contributed by atoms with Gasteiger partial charge in [-0.25, -0.2) is 14.5 Å². The Balaban J connectivity index is 0.988. The molecule has 0 bridgehead atoms. The number of nitrogens with one attached hydrogen (secondary N) is 2. The zero-order chi connectivity index (χ0) is 46.9. The quantitative estimate of drug-likeness (QED) is 0.0197. The lowest BCUT2D eigenvalue weighted by atomic mass is 9.77. The van der Waals surface area contributed by atoms with Gasteiger partial charge in [0, 0.05) is 11.1 Å². The number of carbonyl (C=O) groups is 3. The number of tetrazole rings is 1. The standard InChI is InChI=1S/C50H43N9O6S3/c1-64-55-40(39-32-68-48(51-39)53-50(36-21-11-4-12-22-36,37-23-13-5-14-24-37)38-25-15-6-16-26-38)44(61)52-41-45(62)59-42(35(31-67-46(41)59)27-30-66-49-54-56-57-58(49)28-29-60)47(63)65-43(33-17-7-2-8-18-33)34-19-9-3-10-20-34/h2-27,30,32,41,43,46,60H,28-29,31H2,1H3,(H,51,53)(H,52,61). The molecule has 4 heterocycles. The summed E-state index contributed by atoms with van der Waals surface area (Å²) in [6.45, 7) is 0.0471. The first-order valence-corrected chi connectivity index (χ1v) is 24.2. The van der Waals surface area contributed by atoms with Gasteiger partial charge in [-0.15, -0.1) is 28.2 Å². The molecule has 0 spiro atoms. The van der Waals surface area contributed by atoms with Crippen molar-refractivity contribution >= 4 is 63.5 Å². The van der Waals surface area contributed by atoms with E-state index in [1.54, 1.807) is 16.9 Å². The van der Waals surface area contributed by atoms with Crippen LogP contribution in [-0.4, -0.2) is 89.6 Å². The zero-order valence-corrected chi connectivity index (χ0v) is 38.8. The predicted octanol–water partition coefficient (Wildman–Crippen LogP) is 7.17. The molecule has 1 fully saturated rings. The number of thioether (sulfide) groups is 2. The highest BCUT2D eigenvalue weighted by Gasteiger charge is 2.55. The van der Waals surface area contributed by atoms with Crippen LogP contribution >= 0.6 is 34.9 Å². The minimum Gasteiger partial charge on any atom is -0.448 e. The third-order valence-electron chi connectivity index (χ3n) is 11.2. The van der Waals surface area contributed by atoms with Crippen LogP contribution in [0.4, 0.5) is 5.13 Å². The largest absolute Gasteiger partial charge is 0.448 e. The summed E-state index contributed by atoms with van der Waals surface area (Å²) < 4.78 is 7.78. The van der Waals surface area contributed by atoms with Crippen molar-refractivity contribution in [3.8, 4) is 0 Å². The minimum absolute atomic E-state index is 0.0487. The van der Waals surface area contributed by atoms with Crippen LogP contribution in [0, 0.1) is 0 Å². The average Bonchev–Trinajstić information content (AvgIpc) is 4.06. The summed E-state index contributed by atoms with van der Waals surface area (Å²) in [5.74, 6) is -1.63. The van der Waals surface area contributed by atoms with Crippen LogP contribution in [0.1, 0.15) is 39.6 Å². The van der Waals surface area contributed by atoms with E-state index in [-0.39, 0.29) is 36.0 Å². The highest BCUT2D eigenvalue weighted by molar-refractivity contribution is 8.02. The number of benzene rings is 5. The number of β-lactam (4-membered cyclic amide) rings is 1. The number of fused-ring (bicyclic) bond motifs is 1. The third kappa shape index (κ3) is 9.44. The van der Waals surface area contributed by atoms with Gasteiger partial charge in [0.25, 0.3) is 11.8 Å². The van der Waals surface area contributed by atoms with Gasteiger partial charge in [-0.3, -0.25) is 14.5 Å². The molecule has 68 heavy (non-hydrogen) atoms. The first-order chi connectivity index (χ1) is 33.4. The van der Waals surface area contributed by atoms with E-state index in [1.807, 2.05) is 115 Å². The van der Waals surface area contributed by atoms with E-state index >= 15 is 0 Å². The first-order valence-electron chi connectivity index (χ1n) is 21.4. The van der Waals surface area contributed by atoms with Crippen LogP contribution in [-0.2, 0) is 36.0 Å². The number of esters is 1. The summed E-state index contributed by atoms with van der Waals surface area (Å²) in [6, 6.07) is 47.9. The lowest BCUT2D eigenvalue weighted by Gasteiger charge is -2.49. The molecule has 2 unspecified atom stereocenters. The molecule has 5 aromatic carbocycles. The number of carbonyl (C=O) groups excluding carboxylic acids is 3. The first kappa shape index (κ1) is 45.8. The van der Waals surface area contributed by atoms with Gasteiger partial charge in [0.2, 0.25) is 5.16 Å². The van der Waals surface area contributed by atoms with Crippen LogP contribution in [0.15, 0.2) is 190 Å². The zero-order valence-electron chi connectivity index (χ0n) is 36.4. The fraction of sp³-hybridized carbons (Fsp3) is 0.160. The number of anilines is 1. The van der Waals surface area contributed by atoms with E-state index in [9.17, 15) is 19.5 Å². The highest BCUT2D eigenvalue weighted by Crippen LogP contribution is 2.43. The molecule has 2 atom stereocenters. The number of amides is 2. The summed E-state index contributed by atoms with van der Waals surface area (Å²) in [5.41, 5.74) is 4.19. The lowest BCUT2D eigenvalue weighted by molar-refractivity contribution is -0.154. The second-order valence-electron chi connectivity index (χ2n) is 15.3. The Hall–Kier alpha value is -7.38. The normalized spacial score (nSPS) is 16.1. The Labute approximate surface area is 404 Å². The Morgan fingerprint density at radius 3 is 2.01 bits per heavy atom. The van der Waals surface area contributed by atoms with E-state index in [1.165, 1.54) is 51.6 Å². The number of thiazole rings is 1. The number of aliphatic hydroxyl groups excluding tert-OH is 1. The molecule has 0 saturated carbocycles. The molecule has 18 heteroatoms. The Kier molecular flexibility index (Phi) is 14.2. The molecule has 2 amide bonds. The average molecular weight is 962 g/mol. The smallest absolute Gasteiger partial charge is 0.356 e. The Morgan fingerprint density at radius 1 is 0.882 bits per heavy atom. The Bertz CT molecular complexity index is 2820. The van der Waals surface area contributed by atoms with Crippen molar-refractivity contribution < 1.29 is 29.1 Å². The molecule has 1 saturated heterocycles. The van der Waals surface area contributed by atoms with Crippen molar-refractivity contribution in [1.29, 1.82) is 0 Å². The van der Waals surface area contributed by atoms with Gasteiger partial charge in [-0.2, -0.15) is 0 Å². The van der Waals surface area contributed by atoms with Crippen molar-refractivity contribution in [2.75, 3.05) is 24.8 Å².